The van der Waals surface area contributed by atoms with E-state index in [2.05, 4.69) is 63.0 Å². The quantitative estimate of drug-likeness (QED) is 0.482. The van der Waals surface area contributed by atoms with Crippen molar-refractivity contribution in [2.45, 2.75) is 19.9 Å². The van der Waals surface area contributed by atoms with Crippen LogP contribution in [0.4, 0.5) is 5.69 Å². The number of aryl methyl sites for hydroxylation is 1. The minimum atomic E-state index is 0.0349. The summed E-state index contributed by atoms with van der Waals surface area (Å²) in [6.45, 7) is 7.59. The molecule has 4 aromatic rings. The minimum Gasteiger partial charge on any atom is -0.368 e. The van der Waals surface area contributed by atoms with Crippen LogP contribution in [-0.2, 0) is 0 Å². The van der Waals surface area contributed by atoms with Crippen LogP contribution in [0, 0.1) is 18.3 Å². The van der Waals surface area contributed by atoms with Gasteiger partial charge in [-0.2, -0.15) is 10.2 Å². The lowest BCUT2D eigenvalue weighted by atomic mass is 10.1. The summed E-state index contributed by atoms with van der Waals surface area (Å²) < 4.78 is 5.60. The van der Waals surface area contributed by atoms with Gasteiger partial charge in [0.15, 0.2) is 0 Å². The van der Waals surface area contributed by atoms with Gasteiger partial charge in [-0.15, -0.1) is 0 Å². The van der Waals surface area contributed by atoms with E-state index in [-0.39, 0.29) is 6.04 Å². The molecule has 2 aromatic carbocycles. The Balaban J connectivity index is 1.31. The molecular formula is C25H24N6O. The average molecular weight is 425 g/mol. The smallest absolute Gasteiger partial charge is 0.244 e. The van der Waals surface area contributed by atoms with E-state index in [0.29, 0.717) is 17.4 Å². The number of pyridine rings is 1. The molecule has 1 unspecified atom stereocenters. The molecule has 160 valence electrons. The maximum atomic E-state index is 9.40. The molecule has 1 atom stereocenters. The summed E-state index contributed by atoms with van der Waals surface area (Å²) in [5, 5.41) is 14.7. The lowest BCUT2D eigenvalue weighted by Crippen LogP contribution is -2.47. The molecule has 1 fully saturated rings. The third-order valence-corrected chi connectivity index (χ3v) is 6.12. The largest absolute Gasteiger partial charge is 0.368 e. The van der Waals surface area contributed by atoms with E-state index in [1.54, 1.807) is 0 Å². The average Bonchev–Trinajstić information content (AvgIpc) is 3.34. The monoisotopic (exact) mass is 424 g/mol. The predicted molar refractivity (Wildman–Crippen MR) is 123 cm³/mol. The molecular weight excluding hydrogens is 400 g/mol. The molecule has 5 rings (SSSR count). The van der Waals surface area contributed by atoms with E-state index < -0.39 is 0 Å². The zero-order valence-corrected chi connectivity index (χ0v) is 18.2. The summed E-state index contributed by atoms with van der Waals surface area (Å²) in [7, 11) is 0. The van der Waals surface area contributed by atoms with Gasteiger partial charge in [-0.3, -0.25) is 4.90 Å². The minimum absolute atomic E-state index is 0.0349. The number of nitriles is 1. The third kappa shape index (κ3) is 3.81. The van der Waals surface area contributed by atoms with E-state index in [9.17, 15) is 5.26 Å². The van der Waals surface area contributed by atoms with Crippen molar-refractivity contribution >= 4 is 16.6 Å². The molecule has 3 heterocycles. The number of benzene rings is 2. The van der Waals surface area contributed by atoms with Crippen molar-refractivity contribution in [1.29, 1.82) is 5.26 Å². The van der Waals surface area contributed by atoms with Crippen LogP contribution in [0.15, 0.2) is 59.1 Å². The Morgan fingerprint density at radius 3 is 2.50 bits per heavy atom. The number of rotatable bonds is 4. The van der Waals surface area contributed by atoms with Crippen molar-refractivity contribution in [1.82, 2.24) is 20.0 Å². The van der Waals surface area contributed by atoms with E-state index in [1.807, 2.05) is 36.4 Å². The summed E-state index contributed by atoms with van der Waals surface area (Å²) in [5.41, 5.74) is 4.53. The van der Waals surface area contributed by atoms with Gasteiger partial charge < -0.3 is 9.42 Å². The van der Waals surface area contributed by atoms with Crippen molar-refractivity contribution in [2.24, 2.45) is 0 Å². The molecule has 2 aromatic heterocycles. The van der Waals surface area contributed by atoms with Crippen LogP contribution in [0.5, 0.6) is 0 Å². The molecule has 0 aliphatic carbocycles. The van der Waals surface area contributed by atoms with E-state index >= 15 is 0 Å². The first kappa shape index (κ1) is 20.2. The SMILES string of the molecule is Cc1ccc(-c2noc(C(C)N3CCN(c4cc(C#N)nc5ccccc45)CC3)n2)cc1. The zero-order chi connectivity index (χ0) is 22.1. The summed E-state index contributed by atoms with van der Waals surface area (Å²) in [5.74, 6) is 1.26. The molecule has 0 amide bonds. The second-order valence-corrected chi connectivity index (χ2v) is 8.18. The second-order valence-electron chi connectivity index (χ2n) is 8.18. The maximum Gasteiger partial charge on any atom is 0.244 e. The van der Waals surface area contributed by atoms with Gasteiger partial charge in [0.05, 0.1) is 11.6 Å². The first-order valence-electron chi connectivity index (χ1n) is 10.8. The van der Waals surface area contributed by atoms with Crippen LogP contribution in [0.2, 0.25) is 0 Å². The van der Waals surface area contributed by atoms with Gasteiger partial charge in [0.1, 0.15) is 11.8 Å². The number of para-hydroxylation sites is 1. The molecule has 1 aliphatic heterocycles. The van der Waals surface area contributed by atoms with Crippen LogP contribution in [0.1, 0.15) is 30.1 Å². The van der Waals surface area contributed by atoms with E-state index in [1.165, 1.54) is 5.56 Å². The number of hydrogen-bond acceptors (Lipinski definition) is 7. The normalized spacial score (nSPS) is 15.6. The molecule has 0 bridgehead atoms. The van der Waals surface area contributed by atoms with Gasteiger partial charge in [-0.25, -0.2) is 4.98 Å². The maximum absolute atomic E-state index is 9.40. The molecule has 1 aliphatic rings. The van der Waals surface area contributed by atoms with Crippen LogP contribution in [0.25, 0.3) is 22.3 Å². The number of hydrogen-bond donors (Lipinski definition) is 0. The fourth-order valence-corrected chi connectivity index (χ4v) is 4.21. The Morgan fingerprint density at radius 1 is 1.00 bits per heavy atom. The molecule has 7 heteroatoms. The van der Waals surface area contributed by atoms with Crippen molar-refractivity contribution in [3.63, 3.8) is 0 Å². The molecule has 0 spiro atoms. The predicted octanol–water partition coefficient (Wildman–Crippen LogP) is 4.35. The van der Waals surface area contributed by atoms with Gasteiger partial charge >= 0.3 is 0 Å². The number of anilines is 1. The summed E-state index contributed by atoms with van der Waals surface area (Å²) >= 11 is 0. The van der Waals surface area contributed by atoms with Crippen LogP contribution < -0.4 is 4.90 Å². The Morgan fingerprint density at radius 2 is 1.75 bits per heavy atom. The van der Waals surface area contributed by atoms with Crippen molar-refractivity contribution < 1.29 is 4.52 Å². The standard InChI is InChI=1S/C25H24N6O/c1-17-7-9-19(10-8-17)24-28-25(32-29-24)18(2)30-11-13-31(14-12-30)23-15-20(16-26)27-22-6-4-3-5-21(22)23/h3-10,15,18H,11-14H2,1-2H3. The second kappa shape index (κ2) is 8.40. The highest BCUT2D eigenvalue weighted by atomic mass is 16.5. The number of nitrogens with zero attached hydrogens (tertiary/aromatic N) is 6. The fourth-order valence-electron chi connectivity index (χ4n) is 4.21. The van der Waals surface area contributed by atoms with Gasteiger partial charge in [0.25, 0.3) is 0 Å². The van der Waals surface area contributed by atoms with Crippen molar-refractivity contribution in [2.75, 3.05) is 31.1 Å². The summed E-state index contributed by atoms with van der Waals surface area (Å²) in [6, 6.07) is 20.2. The molecule has 7 nitrogen and oxygen atoms in total. The van der Waals surface area contributed by atoms with Crippen LogP contribution >= 0.6 is 0 Å². The van der Waals surface area contributed by atoms with E-state index in [4.69, 9.17) is 4.52 Å². The van der Waals surface area contributed by atoms with Gasteiger partial charge in [-0.05, 0) is 26.0 Å². The van der Waals surface area contributed by atoms with Crippen molar-refractivity contribution in [3.8, 4) is 17.5 Å². The van der Waals surface area contributed by atoms with Gasteiger partial charge in [-0.1, -0.05) is 53.2 Å². The topological polar surface area (TPSA) is 82.1 Å². The number of piperazine rings is 1. The highest BCUT2D eigenvalue weighted by molar-refractivity contribution is 5.92. The Kier molecular flexibility index (Phi) is 5.29. The van der Waals surface area contributed by atoms with Gasteiger partial charge in [0.2, 0.25) is 11.7 Å². The lowest BCUT2D eigenvalue weighted by molar-refractivity contribution is 0.164. The van der Waals surface area contributed by atoms with Crippen LogP contribution in [-0.4, -0.2) is 46.2 Å². The third-order valence-electron chi connectivity index (χ3n) is 6.12. The Hall–Kier alpha value is -3.76. The molecule has 0 N–H and O–H groups in total. The summed E-state index contributed by atoms with van der Waals surface area (Å²) in [6.07, 6.45) is 0. The first-order chi connectivity index (χ1) is 15.6. The Labute approximate surface area is 186 Å². The first-order valence-corrected chi connectivity index (χ1v) is 10.8. The Bertz CT molecular complexity index is 1280. The highest BCUT2D eigenvalue weighted by Crippen LogP contribution is 2.29. The van der Waals surface area contributed by atoms with Gasteiger partial charge in [0, 0.05) is 42.8 Å². The fraction of sp³-hybridized carbons (Fsp3) is 0.280. The summed E-state index contributed by atoms with van der Waals surface area (Å²) in [4.78, 5) is 13.8. The highest BCUT2D eigenvalue weighted by Gasteiger charge is 2.27. The van der Waals surface area contributed by atoms with Crippen LogP contribution in [0.3, 0.4) is 0 Å². The number of fused-ring (bicyclic) bond motifs is 1. The molecule has 0 saturated carbocycles. The van der Waals surface area contributed by atoms with E-state index in [0.717, 1.165) is 48.3 Å². The van der Waals surface area contributed by atoms with Crippen molar-refractivity contribution in [3.05, 3.63) is 71.7 Å². The molecule has 32 heavy (non-hydrogen) atoms. The zero-order valence-electron chi connectivity index (χ0n) is 18.2. The molecule has 0 radical (unpaired) electrons. The lowest BCUT2D eigenvalue weighted by Gasteiger charge is -2.38. The number of aromatic nitrogens is 3. The molecule has 1 saturated heterocycles.